The van der Waals surface area contributed by atoms with Gasteiger partial charge in [0.05, 0.1) is 17.7 Å². The van der Waals surface area contributed by atoms with Crippen LogP contribution in [0.5, 0.6) is 0 Å². The predicted molar refractivity (Wildman–Crippen MR) is 72.9 cm³/mol. The largest absolute Gasteiger partial charge is 0.340 e. The van der Waals surface area contributed by atoms with E-state index in [1.54, 1.807) is 12.1 Å². The van der Waals surface area contributed by atoms with Crippen LogP contribution >= 0.6 is 0 Å². The maximum atomic E-state index is 12.0. The zero-order valence-electron chi connectivity index (χ0n) is 10.8. The molecule has 2 aromatic rings. The highest BCUT2D eigenvalue weighted by Gasteiger charge is 2.13. The van der Waals surface area contributed by atoms with Gasteiger partial charge in [-0.1, -0.05) is 29.8 Å². The van der Waals surface area contributed by atoms with Crippen LogP contribution in [-0.4, -0.2) is 15.3 Å². The third-order valence-electron chi connectivity index (χ3n) is 2.85. The van der Waals surface area contributed by atoms with Crippen LogP contribution in [0.2, 0.25) is 0 Å². The van der Waals surface area contributed by atoms with Crippen molar-refractivity contribution in [2.24, 2.45) is 0 Å². The Morgan fingerprint density at radius 1 is 1.25 bits per heavy atom. The molecule has 0 amide bonds. The molecule has 6 heteroatoms. The molecule has 0 spiro atoms. The summed E-state index contributed by atoms with van der Waals surface area (Å²) in [7, 11) is 0. The number of carbonyl (C=O) groups is 1. The summed E-state index contributed by atoms with van der Waals surface area (Å²) in [6.07, 6.45) is 2.44. The first-order chi connectivity index (χ1) is 9.47. The summed E-state index contributed by atoms with van der Waals surface area (Å²) in [6, 6.07) is 8.13. The van der Waals surface area contributed by atoms with Gasteiger partial charge < -0.3 is 4.57 Å². The molecule has 102 valence electrons. The van der Waals surface area contributed by atoms with Crippen LogP contribution in [0.1, 0.15) is 15.9 Å². The number of benzene rings is 1. The lowest BCUT2D eigenvalue weighted by Gasteiger charge is -2.05. The quantitative estimate of drug-likeness (QED) is 0.484. The van der Waals surface area contributed by atoms with Crippen molar-refractivity contribution >= 4 is 11.5 Å². The fourth-order valence-corrected chi connectivity index (χ4v) is 1.74. The van der Waals surface area contributed by atoms with Gasteiger partial charge in [-0.25, -0.2) is 0 Å². The molecule has 6 nitrogen and oxygen atoms in total. The topological polar surface area (TPSA) is 82.2 Å². The monoisotopic (exact) mass is 272 g/mol. The van der Waals surface area contributed by atoms with Crippen molar-refractivity contribution in [3.8, 4) is 0 Å². The number of Topliss-reactive ketones (excluding diaryl/α,β-unsaturated/α-hetero) is 1. The minimum atomic E-state index is -0.755. The number of nitrogens with zero attached hydrogens (tertiary/aromatic N) is 2. The number of ketones is 1. The van der Waals surface area contributed by atoms with E-state index in [1.807, 2.05) is 19.1 Å². The molecule has 0 aliphatic carbocycles. The number of aromatic nitrogens is 1. The Labute approximate surface area is 114 Å². The van der Waals surface area contributed by atoms with Crippen LogP contribution in [0.25, 0.3) is 0 Å². The van der Waals surface area contributed by atoms with E-state index in [4.69, 9.17) is 0 Å². The van der Waals surface area contributed by atoms with Crippen LogP contribution in [-0.2, 0) is 6.54 Å². The molecule has 0 radical (unpaired) electrons. The number of nitro groups is 1. The van der Waals surface area contributed by atoms with Gasteiger partial charge in [0.15, 0.2) is 5.78 Å². The number of pyridine rings is 1. The molecule has 1 aromatic carbocycles. The van der Waals surface area contributed by atoms with Crippen molar-refractivity contribution in [3.05, 3.63) is 74.2 Å². The van der Waals surface area contributed by atoms with Gasteiger partial charge in [-0.3, -0.25) is 19.7 Å². The van der Waals surface area contributed by atoms with Crippen LogP contribution < -0.4 is 5.43 Å². The van der Waals surface area contributed by atoms with Crippen LogP contribution in [0, 0.1) is 17.0 Å². The van der Waals surface area contributed by atoms with Crippen molar-refractivity contribution in [2.75, 3.05) is 0 Å². The normalized spacial score (nSPS) is 10.2. The lowest BCUT2D eigenvalue weighted by molar-refractivity contribution is -0.386. The molecule has 0 bridgehead atoms. The predicted octanol–water partition coefficient (Wildman–Crippen LogP) is 1.95. The van der Waals surface area contributed by atoms with Gasteiger partial charge in [0, 0.05) is 17.8 Å². The lowest BCUT2D eigenvalue weighted by Crippen LogP contribution is -2.15. The van der Waals surface area contributed by atoms with Gasteiger partial charge >= 0.3 is 5.69 Å². The molecule has 20 heavy (non-hydrogen) atoms. The van der Waals surface area contributed by atoms with Crippen molar-refractivity contribution < 1.29 is 9.72 Å². The van der Waals surface area contributed by atoms with Crippen molar-refractivity contribution in [3.63, 3.8) is 0 Å². The summed E-state index contributed by atoms with van der Waals surface area (Å²) in [5.74, 6) is -0.178. The Kier molecular flexibility index (Phi) is 3.74. The molecule has 0 fully saturated rings. The molecule has 0 unspecified atom stereocenters. The second-order valence-electron chi connectivity index (χ2n) is 4.41. The molecular formula is C14H12N2O4. The first-order valence-electron chi connectivity index (χ1n) is 5.92. The summed E-state index contributed by atoms with van der Waals surface area (Å²) in [6.45, 7) is 1.86. The van der Waals surface area contributed by atoms with E-state index in [9.17, 15) is 19.7 Å². The van der Waals surface area contributed by atoms with E-state index in [2.05, 4.69) is 0 Å². The first kappa shape index (κ1) is 13.7. The van der Waals surface area contributed by atoms with Crippen LogP contribution in [0.15, 0.2) is 47.5 Å². The second kappa shape index (κ2) is 5.48. The van der Waals surface area contributed by atoms with Gasteiger partial charge in [-0.05, 0) is 6.92 Å². The van der Waals surface area contributed by atoms with Gasteiger partial charge in [0.2, 0.25) is 0 Å². The molecule has 1 aromatic heterocycles. The number of hydrogen-bond acceptors (Lipinski definition) is 4. The van der Waals surface area contributed by atoms with Crippen LogP contribution in [0.4, 0.5) is 5.69 Å². The molecule has 0 saturated heterocycles. The Morgan fingerprint density at radius 2 is 1.90 bits per heavy atom. The molecule has 0 aliphatic rings. The maximum Gasteiger partial charge on any atom is 0.332 e. The zero-order valence-corrected chi connectivity index (χ0v) is 10.8. The Bertz CT molecular complexity index is 717. The third kappa shape index (κ3) is 2.97. The summed E-state index contributed by atoms with van der Waals surface area (Å²) < 4.78 is 1.34. The Hall–Kier alpha value is -2.76. The average Bonchev–Trinajstić information content (AvgIpc) is 2.41. The summed E-state index contributed by atoms with van der Waals surface area (Å²) in [4.78, 5) is 33.2. The average molecular weight is 272 g/mol. The van der Waals surface area contributed by atoms with Gasteiger partial charge in [-0.15, -0.1) is 0 Å². The Balaban J connectivity index is 2.24. The standard InChI is InChI=1S/C14H12N2O4/c1-10-2-4-11(5-3-10)14(18)9-15-7-6-13(17)12(8-15)16(19)20/h2-8H,9H2,1H3. The molecule has 0 aliphatic heterocycles. The highest BCUT2D eigenvalue weighted by atomic mass is 16.6. The van der Waals surface area contributed by atoms with E-state index in [1.165, 1.54) is 10.8 Å². The van der Waals surface area contributed by atoms with Crippen LogP contribution in [0.3, 0.4) is 0 Å². The molecular weight excluding hydrogens is 260 g/mol. The van der Waals surface area contributed by atoms with E-state index in [0.717, 1.165) is 17.8 Å². The third-order valence-corrected chi connectivity index (χ3v) is 2.85. The summed E-state index contributed by atoms with van der Waals surface area (Å²) in [5.41, 5.74) is 0.357. The zero-order chi connectivity index (χ0) is 14.7. The molecule has 1 heterocycles. The van der Waals surface area contributed by atoms with Gasteiger partial charge in [0.25, 0.3) is 5.43 Å². The summed E-state index contributed by atoms with van der Waals surface area (Å²) >= 11 is 0. The van der Waals surface area contributed by atoms with Gasteiger partial charge in [-0.2, -0.15) is 0 Å². The minimum Gasteiger partial charge on any atom is -0.340 e. The van der Waals surface area contributed by atoms with E-state index in [0.29, 0.717) is 5.56 Å². The molecule has 0 atom stereocenters. The number of aryl methyl sites for hydroxylation is 1. The Morgan fingerprint density at radius 3 is 2.50 bits per heavy atom. The highest BCUT2D eigenvalue weighted by Crippen LogP contribution is 2.07. The van der Waals surface area contributed by atoms with Gasteiger partial charge in [0.1, 0.15) is 0 Å². The fraction of sp³-hybridized carbons (Fsp3) is 0.143. The van der Waals surface area contributed by atoms with E-state index < -0.39 is 16.0 Å². The van der Waals surface area contributed by atoms with Crippen molar-refractivity contribution in [1.29, 1.82) is 0 Å². The number of hydrogen-bond donors (Lipinski definition) is 0. The lowest BCUT2D eigenvalue weighted by atomic mass is 10.1. The maximum absolute atomic E-state index is 12.0. The molecule has 0 N–H and O–H groups in total. The summed E-state index contributed by atoms with van der Waals surface area (Å²) in [5, 5.41) is 10.7. The molecule has 0 saturated carbocycles. The molecule has 2 rings (SSSR count). The number of rotatable bonds is 4. The second-order valence-corrected chi connectivity index (χ2v) is 4.41. The number of carbonyl (C=O) groups excluding carboxylic acids is 1. The van der Waals surface area contributed by atoms with E-state index in [-0.39, 0.29) is 12.3 Å². The highest BCUT2D eigenvalue weighted by molar-refractivity contribution is 5.95. The minimum absolute atomic E-state index is 0.0514. The SMILES string of the molecule is Cc1ccc(C(=O)Cn2ccc(=O)c([N+](=O)[O-])c2)cc1. The first-order valence-corrected chi connectivity index (χ1v) is 5.92. The van der Waals surface area contributed by atoms with Crippen molar-refractivity contribution in [2.45, 2.75) is 13.5 Å². The smallest absolute Gasteiger partial charge is 0.332 e. The van der Waals surface area contributed by atoms with E-state index >= 15 is 0 Å². The fourth-order valence-electron chi connectivity index (χ4n) is 1.74. The van der Waals surface area contributed by atoms with Crippen molar-refractivity contribution in [1.82, 2.24) is 4.57 Å².